The standard InChI is InChI=1S/C11H14BrClN2O/c1-7(8-2-3-14-5-8)16-9-4-10(12)11(13)15-6-9/h4,6-8,14H,2-3,5H2,1H3. The van der Waals surface area contributed by atoms with Crippen molar-refractivity contribution < 1.29 is 4.74 Å². The zero-order chi connectivity index (χ0) is 11.5. The summed E-state index contributed by atoms with van der Waals surface area (Å²) in [7, 11) is 0. The fourth-order valence-corrected chi connectivity index (χ4v) is 2.29. The van der Waals surface area contributed by atoms with Gasteiger partial charge in [-0.05, 0) is 41.9 Å². The second kappa shape index (κ2) is 5.34. The average Bonchev–Trinajstić information content (AvgIpc) is 2.77. The van der Waals surface area contributed by atoms with E-state index >= 15 is 0 Å². The highest BCUT2D eigenvalue weighted by Crippen LogP contribution is 2.26. The van der Waals surface area contributed by atoms with Crippen molar-refractivity contribution in [3.63, 3.8) is 0 Å². The number of nitrogens with one attached hydrogen (secondary N) is 1. The van der Waals surface area contributed by atoms with Crippen LogP contribution in [0.4, 0.5) is 0 Å². The molecule has 2 atom stereocenters. The summed E-state index contributed by atoms with van der Waals surface area (Å²) in [6, 6.07) is 1.86. The molecule has 5 heteroatoms. The molecule has 2 unspecified atom stereocenters. The molecular formula is C11H14BrClN2O. The number of hydrogen-bond donors (Lipinski definition) is 1. The number of rotatable bonds is 3. The Morgan fingerprint density at radius 3 is 3.12 bits per heavy atom. The van der Waals surface area contributed by atoms with E-state index in [1.807, 2.05) is 6.07 Å². The zero-order valence-electron chi connectivity index (χ0n) is 9.04. The van der Waals surface area contributed by atoms with E-state index in [1.165, 1.54) is 6.42 Å². The Balaban J connectivity index is 1.99. The summed E-state index contributed by atoms with van der Waals surface area (Å²) >= 11 is 9.15. The molecule has 1 aromatic heterocycles. The van der Waals surface area contributed by atoms with Crippen molar-refractivity contribution in [3.8, 4) is 5.75 Å². The van der Waals surface area contributed by atoms with Crippen LogP contribution in [0.2, 0.25) is 5.15 Å². The molecule has 1 fully saturated rings. The highest BCUT2D eigenvalue weighted by atomic mass is 79.9. The molecule has 1 aromatic rings. The van der Waals surface area contributed by atoms with Crippen LogP contribution in [0.15, 0.2) is 16.7 Å². The maximum atomic E-state index is 5.84. The van der Waals surface area contributed by atoms with E-state index in [0.29, 0.717) is 11.1 Å². The maximum Gasteiger partial charge on any atom is 0.143 e. The van der Waals surface area contributed by atoms with Crippen molar-refractivity contribution >= 4 is 27.5 Å². The van der Waals surface area contributed by atoms with Crippen LogP contribution in [0.25, 0.3) is 0 Å². The summed E-state index contributed by atoms with van der Waals surface area (Å²) in [5, 5.41) is 3.79. The van der Waals surface area contributed by atoms with Gasteiger partial charge in [0.25, 0.3) is 0 Å². The quantitative estimate of drug-likeness (QED) is 0.872. The summed E-state index contributed by atoms with van der Waals surface area (Å²) < 4.78 is 6.61. The van der Waals surface area contributed by atoms with Crippen molar-refractivity contribution in [2.45, 2.75) is 19.4 Å². The molecule has 0 spiro atoms. The lowest BCUT2D eigenvalue weighted by Crippen LogP contribution is -2.25. The lowest BCUT2D eigenvalue weighted by molar-refractivity contribution is 0.160. The van der Waals surface area contributed by atoms with Gasteiger partial charge >= 0.3 is 0 Å². The van der Waals surface area contributed by atoms with Crippen LogP contribution in [0, 0.1) is 5.92 Å². The molecule has 0 aromatic carbocycles. The van der Waals surface area contributed by atoms with Crippen LogP contribution in [0.5, 0.6) is 5.75 Å². The maximum absolute atomic E-state index is 5.84. The second-order valence-corrected chi connectivity index (χ2v) is 5.23. The first-order chi connectivity index (χ1) is 7.66. The predicted octanol–water partition coefficient (Wildman–Crippen LogP) is 2.87. The Bertz CT molecular complexity index is 369. The van der Waals surface area contributed by atoms with E-state index in [9.17, 15) is 0 Å². The van der Waals surface area contributed by atoms with Gasteiger partial charge in [0.05, 0.1) is 10.7 Å². The third kappa shape index (κ3) is 2.87. The second-order valence-electron chi connectivity index (χ2n) is 4.02. The number of nitrogens with zero attached hydrogens (tertiary/aromatic N) is 1. The molecule has 1 aliphatic heterocycles. The van der Waals surface area contributed by atoms with Gasteiger partial charge in [0.1, 0.15) is 17.0 Å². The Labute approximate surface area is 109 Å². The number of ether oxygens (including phenoxy) is 1. The van der Waals surface area contributed by atoms with Gasteiger partial charge in [0, 0.05) is 12.5 Å². The molecule has 16 heavy (non-hydrogen) atoms. The lowest BCUT2D eigenvalue weighted by atomic mass is 10.0. The molecule has 2 rings (SSSR count). The monoisotopic (exact) mass is 304 g/mol. The summed E-state index contributed by atoms with van der Waals surface area (Å²) in [5.74, 6) is 1.34. The van der Waals surface area contributed by atoms with E-state index in [2.05, 4.69) is 33.2 Å². The van der Waals surface area contributed by atoms with E-state index in [1.54, 1.807) is 6.20 Å². The molecule has 88 valence electrons. The van der Waals surface area contributed by atoms with Gasteiger partial charge < -0.3 is 10.1 Å². The first-order valence-electron chi connectivity index (χ1n) is 5.35. The third-order valence-corrected chi connectivity index (χ3v) is 3.99. The summed E-state index contributed by atoms with van der Waals surface area (Å²) in [6.07, 6.45) is 3.03. The Morgan fingerprint density at radius 2 is 2.50 bits per heavy atom. The minimum absolute atomic E-state index is 0.199. The van der Waals surface area contributed by atoms with E-state index in [-0.39, 0.29) is 6.10 Å². The summed E-state index contributed by atoms with van der Waals surface area (Å²) in [6.45, 7) is 4.21. The molecule has 0 radical (unpaired) electrons. The van der Waals surface area contributed by atoms with Crippen molar-refractivity contribution in [1.29, 1.82) is 0 Å². The molecule has 1 aliphatic rings. The molecule has 0 saturated carbocycles. The molecular weight excluding hydrogens is 291 g/mol. The lowest BCUT2D eigenvalue weighted by Gasteiger charge is -2.20. The fourth-order valence-electron chi connectivity index (χ4n) is 1.86. The topological polar surface area (TPSA) is 34.1 Å². The zero-order valence-corrected chi connectivity index (χ0v) is 11.4. The SMILES string of the molecule is CC(Oc1cnc(Cl)c(Br)c1)C1CCNC1. The van der Waals surface area contributed by atoms with Gasteiger partial charge in [0.2, 0.25) is 0 Å². The Morgan fingerprint density at radius 1 is 1.69 bits per heavy atom. The number of hydrogen-bond acceptors (Lipinski definition) is 3. The van der Waals surface area contributed by atoms with Gasteiger partial charge in [-0.3, -0.25) is 0 Å². The fraction of sp³-hybridized carbons (Fsp3) is 0.545. The van der Waals surface area contributed by atoms with Gasteiger partial charge in [-0.25, -0.2) is 4.98 Å². The Hall–Kier alpha value is -0.320. The van der Waals surface area contributed by atoms with Gasteiger partial charge in [-0.15, -0.1) is 0 Å². The summed E-state index contributed by atoms with van der Waals surface area (Å²) in [5.41, 5.74) is 0. The van der Waals surface area contributed by atoms with Crippen LogP contribution in [-0.2, 0) is 0 Å². The smallest absolute Gasteiger partial charge is 0.143 e. The number of pyridine rings is 1. The van der Waals surface area contributed by atoms with Gasteiger partial charge in [-0.1, -0.05) is 11.6 Å². The van der Waals surface area contributed by atoms with Gasteiger partial charge in [-0.2, -0.15) is 0 Å². The van der Waals surface area contributed by atoms with Gasteiger partial charge in [0.15, 0.2) is 0 Å². The van der Waals surface area contributed by atoms with Crippen LogP contribution in [0.3, 0.4) is 0 Å². The van der Waals surface area contributed by atoms with E-state index in [0.717, 1.165) is 23.3 Å². The van der Waals surface area contributed by atoms with Crippen LogP contribution >= 0.6 is 27.5 Å². The largest absolute Gasteiger partial charge is 0.489 e. The van der Waals surface area contributed by atoms with Crippen molar-refractivity contribution in [1.82, 2.24) is 10.3 Å². The minimum atomic E-state index is 0.199. The Kier molecular flexibility index (Phi) is 4.05. The molecule has 1 saturated heterocycles. The first kappa shape index (κ1) is 12.1. The minimum Gasteiger partial charge on any atom is -0.489 e. The molecule has 1 N–H and O–H groups in total. The van der Waals surface area contributed by atoms with Crippen molar-refractivity contribution in [3.05, 3.63) is 21.9 Å². The number of halogens is 2. The summed E-state index contributed by atoms with van der Waals surface area (Å²) in [4.78, 5) is 4.04. The van der Waals surface area contributed by atoms with Crippen LogP contribution in [-0.4, -0.2) is 24.2 Å². The normalized spacial score (nSPS) is 22.1. The highest BCUT2D eigenvalue weighted by molar-refractivity contribution is 9.10. The molecule has 2 heterocycles. The highest BCUT2D eigenvalue weighted by Gasteiger charge is 2.22. The van der Waals surface area contributed by atoms with E-state index < -0.39 is 0 Å². The van der Waals surface area contributed by atoms with Crippen molar-refractivity contribution in [2.24, 2.45) is 5.92 Å². The first-order valence-corrected chi connectivity index (χ1v) is 6.52. The number of aromatic nitrogens is 1. The van der Waals surface area contributed by atoms with Crippen molar-refractivity contribution in [2.75, 3.05) is 13.1 Å². The average molecular weight is 306 g/mol. The van der Waals surface area contributed by atoms with E-state index in [4.69, 9.17) is 16.3 Å². The predicted molar refractivity (Wildman–Crippen MR) is 68.0 cm³/mol. The molecule has 3 nitrogen and oxygen atoms in total. The van der Waals surface area contributed by atoms with Crippen LogP contribution < -0.4 is 10.1 Å². The molecule has 0 amide bonds. The molecule has 0 bridgehead atoms. The third-order valence-electron chi connectivity index (χ3n) is 2.86. The van der Waals surface area contributed by atoms with Crippen LogP contribution in [0.1, 0.15) is 13.3 Å². The molecule has 0 aliphatic carbocycles.